The van der Waals surface area contributed by atoms with Crippen molar-refractivity contribution in [1.82, 2.24) is 9.97 Å². The Hall–Kier alpha value is -2.18. The van der Waals surface area contributed by atoms with Gasteiger partial charge in [0.1, 0.15) is 5.75 Å². The number of halogens is 2. The van der Waals surface area contributed by atoms with Crippen LogP contribution in [0.3, 0.4) is 0 Å². The Morgan fingerprint density at radius 1 is 1.36 bits per heavy atom. The molecule has 2 aromatic rings. The summed E-state index contributed by atoms with van der Waals surface area (Å²) < 4.78 is 5.36. The van der Waals surface area contributed by atoms with Crippen molar-refractivity contribution in [3.05, 3.63) is 45.7 Å². The molecule has 0 spiro atoms. The summed E-state index contributed by atoms with van der Waals surface area (Å²) in [4.78, 5) is 32.2. The van der Waals surface area contributed by atoms with Gasteiger partial charge in [-0.1, -0.05) is 30.1 Å². The molecule has 1 N–H and O–H groups in total. The van der Waals surface area contributed by atoms with Gasteiger partial charge in [0.05, 0.1) is 16.3 Å². The SMILES string of the molecule is CC1CC(=O)c2cnc(NC(=O)COc3ccc(Cl)cc3Cl)nc2C1. The number of anilines is 1. The number of carbonyl (C=O) groups excluding carboxylic acids is 2. The molecule has 0 saturated heterocycles. The molecule has 8 heteroatoms. The highest BCUT2D eigenvalue weighted by Gasteiger charge is 2.24. The minimum Gasteiger partial charge on any atom is -0.482 e. The van der Waals surface area contributed by atoms with E-state index in [0.29, 0.717) is 39.9 Å². The van der Waals surface area contributed by atoms with Crippen molar-refractivity contribution in [3.8, 4) is 5.75 Å². The Bertz CT molecular complexity index is 842. The molecule has 0 fully saturated rings. The predicted octanol–water partition coefficient (Wildman–Crippen LogP) is 3.57. The Kier molecular flexibility index (Phi) is 5.20. The number of amides is 1. The van der Waals surface area contributed by atoms with Crippen LogP contribution in [0, 0.1) is 5.92 Å². The summed E-state index contributed by atoms with van der Waals surface area (Å²) in [7, 11) is 0. The van der Waals surface area contributed by atoms with Crippen LogP contribution in [0.4, 0.5) is 5.95 Å². The van der Waals surface area contributed by atoms with E-state index in [9.17, 15) is 9.59 Å². The van der Waals surface area contributed by atoms with Crippen LogP contribution in [0.2, 0.25) is 10.0 Å². The highest BCUT2D eigenvalue weighted by Crippen LogP contribution is 2.27. The monoisotopic (exact) mass is 379 g/mol. The van der Waals surface area contributed by atoms with Gasteiger partial charge in [0.2, 0.25) is 5.95 Å². The van der Waals surface area contributed by atoms with Gasteiger partial charge in [-0.15, -0.1) is 0 Å². The second-order valence-corrected chi connectivity index (χ2v) is 6.75. The maximum absolute atomic E-state index is 12.0. The van der Waals surface area contributed by atoms with Crippen LogP contribution in [-0.4, -0.2) is 28.3 Å². The Labute approximate surface area is 154 Å². The van der Waals surface area contributed by atoms with E-state index in [1.165, 1.54) is 12.3 Å². The lowest BCUT2D eigenvalue weighted by molar-refractivity contribution is -0.118. The summed E-state index contributed by atoms with van der Waals surface area (Å²) in [5.41, 5.74) is 1.19. The lowest BCUT2D eigenvalue weighted by Gasteiger charge is -2.19. The first-order valence-corrected chi connectivity index (χ1v) is 8.45. The predicted molar refractivity (Wildman–Crippen MR) is 94.4 cm³/mol. The quantitative estimate of drug-likeness (QED) is 0.877. The van der Waals surface area contributed by atoms with Crippen LogP contribution in [-0.2, 0) is 11.2 Å². The second kappa shape index (κ2) is 7.37. The molecular formula is C17H15Cl2N3O3. The van der Waals surface area contributed by atoms with E-state index < -0.39 is 5.91 Å². The molecule has 1 amide bonds. The van der Waals surface area contributed by atoms with Crippen molar-refractivity contribution in [2.75, 3.05) is 11.9 Å². The molecule has 1 unspecified atom stereocenters. The molecule has 1 aliphatic rings. The van der Waals surface area contributed by atoms with E-state index in [1.807, 2.05) is 6.92 Å². The van der Waals surface area contributed by atoms with Gasteiger partial charge in [0.25, 0.3) is 5.91 Å². The number of ketones is 1. The molecule has 25 heavy (non-hydrogen) atoms. The molecule has 1 aliphatic carbocycles. The molecule has 1 atom stereocenters. The van der Waals surface area contributed by atoms with Gasteiger partial charge >= 0.3 is 0 Å². The fourth-order valence-corrected chi connectivity index (χ4v) is 3.05. The summed E-state index contributed by atoms with van der Waals surface area (Å²) in [5.74, 6) is 0.339. The van der Waals surface area contributed by atoms with Gasteiger partial charge in [-0.25, -0.2) is 9.97 Å². The summed E-state index contributed by atoms with van der Waals surface area (Å²) >= 11 is 11.8. The molecule has 0 radical (unpaired) electrons. The molecule has 1 aromatic heterocycles. The molecule has 0 aliphatic heterocycles. The number of rotatable bonds is 4. The third kappa shape index (κ3) is 4.27. The van der Waals surface area contributed by atoms with E-state index in [4.69, 9.17) is 27.9 Å². The van der Waals surface area contributed by atoms with Crippen molar-refractivity contribution in [2.24, 2.45) is 5.92 Å². The summed E-state index contributed by atoms with van der Waals surface area (Å²) in [5, 5.41) is 3.35. The topological polar surface area (TPSA) is 81.2 Å². The van der Waals surface area contributed by atoms with Crippen LogP contribution in [0.15, 0.2) is 24.4 Å². The van der Waals surface area contributed by atoms with Crippen molar-refractivity contribution >= 4 is 40.8 Å². The van der Waals surface area contributed by atoms with Gasteiger partial charge in [-0.3, -0.25) is 14.9 Å². The van der Waals surface area contributed by atoms with E-state index in [-0.39, 0.29) is 24.3 Å². The fourth-order valence-electron chi connectivity index (χ4n) is 2.59. The molecular weight excluding hydrogens is 365 g/mol. The lowest BCUT2D eigenvalue weighted by Crippen LogP contribution is -2.24. The largest absolute Gasteiger partial charge is 0.482 e. The Morgan fingerprint density at radius 2 is 2.16 bits per heavy atom. The van der Waals surface area contributed by atoms with Crippen molar-refractivity contribution in [3.63, 3.8) is 0 Å². The number of ether oxygens (including phenoxy) is 1. The molecule has 0 saturated carbocycles. The molecule has 130 valence electrons. The van der Waals surface area contributed by atoms with Gasteiger partial charge in [-0.05, 0) is 30.5 Å². The molecule has 0 bridgehead atoms. The van der Waals surface area contributed by atoms with Gasteiger partial charge in [0, 0.05) is 17.6 Å². The number of aromatic nitrogens is 2. The van der Waals surface area contributed by atoms with Crippen molar-refractivity contribution in [1.29, 1.82) is 0 Å². The first-order valence-electron chi connectivity index (χ1n) is 7.69. The molecule has 3 rings (SSSR count). The van der Waals surface area contributed by atoms with Crippen molar-refractivity contribution in [2.45, 2.75) is 19.8 Å². The van der Waals surface area contributed by atoms with E-state index in [0.717, 1.165) is 0 Å². The number of nitrogens with zero attached hydrogens (tertiary/aromatic N) is 2. The number of hydrogen-bond acceptors (Lipinski definition) is 5. The minimum absolute atomic E-state index is 0.0346. The number of nitrogens with one attached hydrogen (secondary N) is 1. The molecule has 1 heterocycles. The van der Waals surface area contributed by atoms with Crippen LogP contribution >= 0.6 is 23.2 Å². The third-order valence-corrected chi connectivity index (χ3v) is 4.28. The number of hydrogen-bond donors (Lipinski definition) is 1. The fraction of sp³-hybridized carbons (Fsp3) is 0.294. The Morgan fingerprint density at radius 3 is 2.92 bits per heavy atom. The standard InChI is InChI=1S/C17H15Cl2N3O3/c1-9-4-13-11(14(23)5-9)7-20-17(21-13)22-16(24)8-25-15-3-2-10(18)6-12(15)19/h2-3,6-7,9H,4-5,8H2,1H3,(H,20,21,22,24). The van der Waals surface area contributed by atoms with Crippen LogP contribution < -0.4 is 10.1 Å². The average molecular weight is 380 g/mol. The number of fused-ring (bicyclic) bond motifs is 1. The molecule has 6 nitrogen and oxygen atoms in total. The number of benzene rings is 1. The van der Waals surface area contributed by atoms with Crippen LogP contribution in [0.25, 0.3) is 0 Å². The third-order valence-electron chi connectivity index (χ3n) is 3.75. The Balaban J connectivity index is 1.63. The average Bonchev–Trinajstić information content (AvgIpc) is 2.53. The zero-order valence-corrected chi connectivity index (χ0v) is 14.9. The maximum atomic E-state index is 12.0. The van der Waals surface area contributed by atoms with E-state index >= 15 is 0 Å². The highest BCUT2D eigenvalue weighted by molar-refractivity contribution is 6.35. The van der Waals surface area contributed by atoms with Gasteiger partial charge in [0.15, 0.2) is 12.4 Å². The smallest absolute Gasteiger partial charge is 0.264 e. The number of carbonyl (C=O) groups is 2. The minimum atomic E-state index is -0.429. The van der Waals surface area contributed by atoms with Gasteiger partial charge in [-0.2, -0.15) is 0 Å². The summed E-state index contributed by atoms with van der Waals surface area (Å²) in [6.45, 7) is 1.74. The normalized spacial score (nSPS) is 16.3. The van der Waals surface area contributed by atoms with Crippen LogP contribution in [0.1, 0.15) is 29.4 Å². The van der Waals surface area contributed by atoms with Crippen molar-refractivity contribution < 1.29 is 14.3 Å². The summed E-state index contributed by atoms with van der Waals surface area (Å²) in [6.07, 6.45) is 2.64. The van der Waals surface area contributed by atoms with Gasteiger partial charge < -0.3 is 4.74 Å². The zero-order valence-electron chi connectivity index (χ0n) is 13.4. The first kappa shape index (κ1) is 17.6. The van der Waals surface area contributed by atoms with Crippen LogP contribution in [0.5, 0.6) is 5.75 Å². The summed E-state index contributed by atoms with van der Waals surface area (Å²) in [6, 6.07) is 4.73. The number of Topliss-reactive ketones (excluding diaryl/α,β-unsaturated/α-hetero) is 1. The highest BCUT2D eigenvalue weighted by atomic mass is 35.5. The second-order valence-electron chi connectivity index (χ2n) is 5.90. The first-order chi connectivity index (χ1) is 11.9. The molecule has 1 aromatic carbocycles. The maximum Gasteiger partial charge on any atom is 0.264 e. The zero-order chi connectivity index (χ0) is 18.0. The van der Waals surface area contributed by atoms with E-state index in [2.05, 4.69) is 15.3 Å². The van der Waals surface area contributed by atoms with E-state index in [1.54, 1.807) is 12.1 Å². The lowest BCUT2D eigenvalue weighted by atomic mass is 9.88.